The average Bonchev–Trinajstić information content (AvgIpc) is 2.30. The zero-order chi connectivity index (χ0) is 12.7. The Morgan fingerprint density at radius 3 is 2.47 bits per heavy atom. The van der Waals surface area contributed by atoms with E-state index in [4.69, 9.17) is 0 Å². The largest absolute Gasteiger partial charge is 0.316 e. The summed E-state index contributed by atoms with van der Waals surface area (Å²) in [6, 6.07) is 8.54. The molecular weight excluding hydrogens is 274 g/mol. The summed E-state index contributed by atoms with van der Waals surface area (Å²) in [5.41, 5.74) is 1.42. The van der Waals surface area contributed by atoms with Crippen LogP contribution in [0.1, 0.15) is 32.8 Å². The minimum atomic E-state index is 0.729. The molecule has 1 aromatic rings. The maximum absolute atomic E-state index is 3.62. The SMILES string of the molecule is CCC(CNCC(C)C)Cc1ccccc1Br. The molecule has 0 saturated heterocycles. The molecule has 17 heavy (non-hydrogen) atoms. The molecule has 0 spiro atoms. The van der Waals surface area contributed by atoms with E-state index in [1.54, 1.807) is 0 Å². The third-order valence-electron chi connectivity index (χ3n) is 3.03. The Balaban J connectivity index is 2.44. The van der Waals surface area contributed by atoms with Gasteiger partial charge in [-0.2, -0.15) is 0 Å². The summed E-state index contributed by atoms with van der Waals surface area (Å²) in [5.74, 6) is 1.46. The quantitative estimate of drug-likeness (QED) is 0.793. The van der Waals surface area contributed by atoms with Crippen molar-refractivity contribution in [1.82, 2.24) is 5.32 Å². The Labute approximate surface area is 114 Å². The zero-order valence-electron chi connectivity index (χ0n) is 11.2. The number of nitrogens with one attached hydrogen (secondary N) is 1. The number of benzene rings is 1. The van der Waals surface area contributed by atoms with E-state index in [-0.39, 0.29) is 0 Å². The minimum absolute atomic E-state index is 0.729. The summed E-state index contributed by atoms with van der Waals surface area (Å²) in [4.78, 5) is 0. The fourth-order valence-corrected chi connectivity index (χ4v) is 2.36. The minimum Gasteiger partial charge on any atom is -0.316 e. The molecule has 1 atom stereocenters. The molecule has 2 heteroatoms. The highest BCUT2D eigenvalue weighted by atomic mass is 79.9. The Morgan fingerprint density at radius 1 is 1.18 bits per heavy atom. The molecule has 0 heterocycles. The maximum Gasteiger partial charge on any atom is 0.0207 e. The third-order valence-corrected chi connectivity index (χ3v) is 3.80. The lowest BCUT2D eigenvalue weighted by Gasteiger charge is -2.17. The highest BCUT2D eigenvalue weighted by molar-refractivity contribution is 9.10. The fourth-order valence-electron chi connectivity index (χ4n) is 1.91. The molecule has 1 unspecified atom stereocenters. The number of hydrogen-bond acceptors (Lipinski definition) is 1. The van der Waals surface area contributed by atoms with Crippen molar-refractivity contribution >= 4 is 15.9 Å². The van der Waals surface area contributed by atoms with Crippen LogP contribution in [-0.2, 0) is 6.42 Å². The Bertz CT molecular complexity index is 322. The van der Waals surface area contributed by atoms with Crippen LogP contribution in [0.4, 0.5) is 0 Å². The van der Waals surface area contributed by atoms with Gasteiger partial charge in [0, 0.05) is 4.47 Å². The highest BCUT2D eigenvalue weighted by Crippen LogP contribution is 2.20. The van der Waals surface area contributed by atoms with Gasteiger partial charge in [-0.3, -0.25) is 0 Å². The summed E-state index contributed by atoms with van der Waals surface area (Å²) in [7, 11) is 0. The van der Waals surface area contributed by atoms with E-state index in [2.05, 4.69) is 66.3 Å². The van der Waals surface area contributed by atoms with Crippen molar-refractivity contribution in [3.63, 3.8) is 0 Å². The average molecular weight is 298 g/mol. The zero-order valence-corrected chi connectivity index (χ0v) is 12.8. The van der Waals surface area contributed by atoms with Crippen LogP contribution in [0.15, 0.2) is 28.7 Å². The summed E-state index contributed by atoms with van der Waals surface area (Å²) in [6.45, 7) is 9.02. The van der Waals surface area contributed by atoms with Crippen molar-refractivity contribution in [2.75, 3.05) is 13.1 Å². The highest BCUT2D eigenvalue weighted by Gasteiger charge is 2.09. The van der Waals surface area contributed by atoms with Gasteiger partial charge in [0.25, 0.3) is 0 Å². The molecule has 0 bridgehead atoms. The predicted molar refractivity (Wildman–Crippen MR) is 79.3 cm³/mol. The first-order valence-corrected chi connectivity index (χ1v) is 7.36. The van der Waals surface area contributed by atoms with Gasteiger partial charge in [-0.25, -0.2) is 0 Å². The molecule has 1 rings (SSSR count). The molecule has 1 N–H and O–H groups in total. The van der Waals surface area contributed by atoms with Crippen molar-refractivity contribution in [2.24, 2.45) is 11.8 Å². The van der Waals surface area contributed by atoms with Crippen molar-refractivity contribution in [2.45, 2.75) is 33.6 Å². The van der Waals surface area contributed by atoms with Crippen LogP contribution in [0.2, 0.25) is 0 Å². The van der Waals surface area contributed by atoms with Gasteiger partial charge in [0.15, 0.2) is 0 Å². The predicted octanol–water partition coefficient (Wildman–Crippen LogP) is 4.26. The molecule has 0 aliphatic rings. The van der Waals surface area contributed by atoms with E-state index >= 15 is 0 Å². The van der Waals surface area contributed by atoms with Crippen LogP contribution >= 0.6 is 15.9 Å². The van der Waals surface area contributed by atoms with Gasteiger partial charge in [-0.15, -0.1) is 0 Å². The van der Waals surface area contributed by atoms with Gasteiger partial charge in [0.05, 0.1) is 0 Å². The van der Waals surface area contributed by atoms with Crippen LogP contribution in [0.5, 0.6) is 0 Å². The topological polar surface area (TPSA) is 12.0 Å². The first kappa shape index (κ1) is 14.7. The van der Waals surface area contributed by atoms with E-state index in [9.17, 15) is 0 Å². The molecule has 96 valence electrons. The summed E-state index contributed by atoms with van der Waals surface area (Å²) < 4.78 is 1.24. The molecule has 0 amide bonds. The molecule has 0 aliphatic carbocycles. The summed E-state index contributed by atoms with van der Waals surface area (Å²) in [6.07, 6.45) is 2.38. The molecule has 0 fully saturated rings. The molecule has 0 saturated carbocycles. The van der Waals surface area contributed by atoms with Gasteiger partial charge < -0.3 is 5.32 Å². The summed E-state index contributed by atoms with van der Waals surface area (Å²) >= 11 is 3.62. The van der Waals surface area contributed by atoms with E-state index in [1.165, 1.54) is 16.5 Å². The fraction of sp³-hybridized carbons (Fsp3) is 0.600. The van der Waals surface area contributed by atoms with Gasteiger partial charge in [-0.05, 0) is 43.0 Å². The monoisotopic (exact) mass is 297 g/mol. The van der Waals surface area contributed by atoms with Crippen LogP contribution in [-0.4, -0.2) is 13.1 Å². The molecule has 0 radical (unpaired) electrons. The Morgan fingerprint density at radius 2 is 1.88 bits per heavy atom. The van der Waals surface area contributed by atoms with Crippen LogP contribution in [0.3, 0.4) is 0 Å². The van der Waals surface area contributed by atoms with Crippen molar-refractivity contribution in [3.05, 3.63) is 34.3 Å². The number of hydrogen-bond donors (Lipinski definition) is 1. The molecular formula is C15H24BrN. The maximum atomic E-state index is 3.62. The first-order valence-electron chi connectivity index (χ1n) is 6.57. The number of rotatable bonds is 7. The van der Waals surface area contributed by atoms with Crippen LogP contribution < -0.4 is 5.32 Å². The Kier molecular flexibility index (Phi) is 6.83. The molecule has 0 aromatic heterocycles. The van der Waals surface area contributed by atoms with E-state index in [0.717, 1.165) is 31.3 Å². The second-order valence-corrected chi connectivity index (χ2v) is 5.98. The van der Waals surface area contributed by atoms with Crippen LogP contribution in [0, 0.1) is 11.8 Å². The lowest BCUT2D eigenvalue weighted by atomic mass is 9.97. The van der Waals surface area contributed by atoms with Crippen molar-refractivity contribution < 1.29 is 0 Å². The van der Waals surface area contributed by atoms with Gasteiger partial charge in [0.2, 0.25) is 0 Å². The lowest BCUT2D eigenvalue weighted by molar-refractivity contribution is 0.437. The normalized spacial score (nSPS) is 13.0. The van der Waals surface area contributed by atoms with Gasteiger partial charge in [0.1, 0.15) is 0 Å². The van der Waals surface area contributed by atoms with Crippen molar-refractivity contribution in [3.8, 4) is 0 Å². The lowest BCUT2D eigenvalue weighted by Crippen LogP contribution is -2.27. The standard InChI is InChI=1S/C15H24BrN/c1-4-13(11-17-10-12(2)3)9-14-7-5-6-8-15(14)16/h5-8,12-13,17H,4,9-11H2,1-3H3. The first-order chi connectivity index (χ1) is 8.13. The Hall–Kier alpha value is -0.340. The second-order valence-electron chi connectivity index (χ2n) is 5.12. The molecule has 1 nitrogen and oxygen atoms in total. The third kappa shape index (κ3) is 5.69. The second kappa shape index (κ2) is 7.88. The van der Waals surface area contributed by atoms with Crippen LogP contribution in [0.25, 0.3) is 0 Å². The van der Waals surface area contributed by atoms with E-state index in [1.807, 2.05) is 0 Å². The molecule has 1 aromatic carbocycles. The summed E-state index contributed by atoms with van der Waals surface area (Å²) in [5, 5.41) is 3.56. The van der Waals surface area contributed by atoms with Gasteiger partial charge in [-0.1, -0.05) is 61.3 Å². The van der Waals surface area contributed by atoms with Gasteiger partial charge >= 0.3 is 0 Å². The number of halogens is 1. The smallest absolute Gasteiger partial charge is 0.0207 e. The van der Waals surface area contributed by atoms with E-state index in [0.29, 0.717) is 0 Å². The molecule has 0 aliphatic heterocycles. The van der Waals surface area contributed by atoms with Crippen molar-refractivity contribution in [1.29, 1.82) is 0 Å². The van der Waals surface area contributed by atoms with E-state index < -0.39 is 0 Å².